The summed E-state index contributed by atoms with van der Waals surface area (Å²) in [7, 11) is 3.89. The Morgan fingerprint density at radius 2 is 1.92 bits per heavy atom. The van der Waals surface area contributed by atoms with E-state index >= 15 is 0 Å². The van der Waals surface area contributed by atoms with Crippen LogP contribution in [0.25, 0.3) is 0 Å². The standard InChI is InChI=1S/C9H22N2O2/c1-4-5-6-11(10(2)3)7-9(13)8-12/h9,12-13H,4-8H2,1-3H3. The van der Waals surface area contributed by atoms with E-state index in [-0.39, 0.29) is 6.61 Å². The molecule has 0 saturated heterocycles. The number of unbranched alkanes of at least 4 members (excludes halogenated alkanes) is 1. The van der Waals surface area contributed by atoms with Gasteiger partial charge in [-0.3, -0.25) is 0 Å². The Kier molecular flexibility index (Phi) is 7.17. The molecule has 0 bridgehead atoms. The van der Waals surface area contributed by atoms with Crippen molar-refractivity contribution in [3.8, 4) is 0 Å². The molecule has 0 rings (SSSR count). The zero-order valence-electron chi connectivity index (χ0n) is 8.90. The van der Waals surface area contributed by atoms with Gasteiger partial charge in [0.1, 0.15) is 0 Å². The van der Waals surface area contributed by atoms with Crippen molar-refractivity contribution in [2.45, 2.75) is 25.9 Å². The van der Waals surface area contributed by atoms with Crippen LogP contribution in [0.15, 0.2) is 0 Å². The second-order valence-corrected chi connectivity index (χ2v) is 3.45. The van der Waals surface area contributed by atoms with Gasteiger partial charge in [0.05, 0.1) is 12.7 Å². The average Bonchev–Trinajstić information content (AvgIpc) is 2.11. The van der Waals surface area contributed by atoms with Crippen LogP contribution >= 0.6 is 0 Å². The number of hydrazine groups is 1. The van der Waals surface area contributed by atoms with E-state index in [1.54, 1.807) is 0 Å². The second-order valence-electron chi connectivity index (χ2n) is 3.45. The molecule has 1 unspecified atom stereocenters. The van der Waals surface area contributed by atoms with Gasteiger partial charge in [-0.05, 0) is 6.42 Å². The molecule has 0 aromatic rings. The van der Waals surface area contributed by atoms with Crippen molar-refractivity contribution in [1.29, 1.82) is 0 Å². The topological polar surface area (TPSA) is 46.9 Å². The largest absolute Gasteiger partial charge is 0.394 e. The first-order chi connectivity index (χ1) is 6.11. The fourth-order valence-corrected chi connectivity index (χ4v) is 1.10. The van der Waals surface area contributed by atoms with Gasteiger partial charge < -0.3 is 10.2 Å². The molecule has 0 fully saturated rings. The van der Waals surface area contributed by atoms with E-state index in [0.717, 1.165) is 19.4 Å². The smallest absolute Gasteiger partial charge is 0.0911 e. The molecule has 80 valence electrons. The summed E-state index contributed by atoms with van der Waals surface area (Å²) >= 11 is 0. The minimum atomic E-state index is -0.640. The van der Waals surface area contributed by atoms with E-state index in [9.17, 15) is 5.11 Å². The van der Waals surface area contributed by atoms with Gasteiger partial charge in [-0.25, -0.2) is 10.0 Å². The first-order valence-electron chi connectivity index (χ1n) is 4.82. The van der Waals surface area contributed by atoms with Gasteiger partial charge in [0.15, 0.2) is 0 Å². The minimum Gasteiger partial charge on any atom is -0.394 e. The molecule has 0 saturated carbocycles. The predicted octanol–water partition coefficient (Wildman–Crippen LogP) is -0.0817. The number of rotatable bonds is 7. The monoisotopic (exact) mass is 190 g/mol. The molecule has 1 atom stereocenters. The maximum absolute atomic E-state index is 9.26. The summed E-state index contributed by atoms with van der Waals surface area (Å²) in [4.78, 5) is 0. The molecule has 0 aromatic carbocycles. The molecule has 0 aliphatic heterocycles. The third-order valence-corrected chi connectivity index (χ3v) is 1.97. The highest BCUT2D eigenvalue weighted by molar-refractivity contribution is 4.59. The highest BCUT2D eigenvalue weighted by Crippen LogP contribution is 1.98. The summed E-state index contributed by atoms with van der Waals surface area (Å²) < 4.78 is 0. The van der Waals surface area contributed by atoms with Crippen LogP contribution in [-0.4, -0.2) is 60.1 Å². The molecule has 2 N–H and O–H groups in total. The Balaban J connectivity index is 3.79. The van der Waals surface area contributed by atoms with E-state index in [1.165, 1.54) is 0 Å². The van der Waals surface area contributed by atoms with E-state index < -0.39 is 6.10 Å². The van der Waals surface area contributed by atoms with E-state index in [2.05, 4.69) is 6.92 Å². The molecular formula is C9H22N2O2. The second kappa shape index (κ2) is 7.26. The van der Waals surface area contributed by atoms with Crippen LogP contribution in [0.3, 0.4) is 0 Å². The third kappa shape index (κ3) is 5.99. The summed E-state index contributed by atoms with van der Waals surface area (Å²) in [5.74, 6) is 0. The zero-order valence-corrected chi connectivity index (χ0v) is 8.90. The van der Waals surface area contributed by atoms with Crippen LogP contribution in [0, 0.1) is 0 Å². The molecule has 4 heteroatoms. The van der Waals surface area contributed by atoms with Gasteiger partial charge in [-0.15, -0.1) is 0 Å². The minimum absolute atomic E-state index is 0.170. The number of nitrogens with zero attached hydrogens (tertiary/aromatic N) is 2. The van der Waals surface area contributed by atoms with Crippen LogP contribution in [0.2, 0.25) is 0 Å². The van der Waals surface area contributed by atoms with Crippen molar-refractivity contribution >= 4 is 0 Å². The maximum atomic E-state index is 9.26. The molecular weight excluding hydrogens is 168 g/mol. The van der Waals surface area contributed by atoms with Crippen molar-refractivity contribution < 1.29 is 10.2 Å². The Bertz CT molecular complexity index is 120. The van der Waals surface area contributed by atoms with Crippen LogP contribution in [-0.2, 0) is 0 Å². The Hall–Kier alpha value is -0.160. The average molecular weight is 190 g/mol. The van der Waals surface area contributed by atoms with Crippen molar-refractivity contribution in [3.05, 3.63) is 0 Å². The maximum Gasteiger partial charge on any atom is 0.0911 e. The fourth-order valence-electron chi connectivity index (χ4n) is 1.10. The highest BCUT2D eigenvalue weighted by atomic mass is 16.3. The van der Waals surface area contributed by atoms with Gasteiger partial charge >= 0.3 is 0 Å². The van der Waals surface area contributed by atoms with Gasteiger partial charge in [-0.1, -0.05) is 13.3 Å². The van der Waals surface area contributed by atoms with Gasteiger partial charge in [-0.2, -0.15) is 0 Å². The Morgan fingerprint density at radius 1 is 1.31 bits per heavy atom. The number of aliphatic hydroxyl groups is 2. The molecule has 0 radical (unpaired) electrons. The summed E-state index contributed by atoms with van der Waals surface area (Å²) in [6, 6.07) is 0. The van der Waals surface area contributed by atoms with Crippen LogP contribution in [0.1, 0.15) is 19.8 Å². The van der Waals surface area contributed by atoms with Crippen molar-refractivity contribution in [2.24, 2.45) is 0 Å². The van der Waals surface area contributed by atoms with Crippen LogP contribution in [0.5, 0.6) is 0 Å². The van der Waals surface area contributed by atoms with Crippen LogP contribution in [0.4, 0.5) is 0 Å². The Morgan fingerprint density at radius 3 is 2.31 bits per heavy atom. The van der Waals surface area contributed by atoms with Crippen molar-refractivity contribution in [3.63, 3.8) is 0 Å². The molecule has 0 aliphatic carbocycles. The lowest BCUT2D eigenvalue weighted by Gasteiger charge is -2.30. The van der Waals surface area contributed by atoms with Crippen molar-refractivity contribution in [2.75, 3.05) is 33.8 Å². The number of hydrogen-bond donors (Lipinski definition) is 2. The van der Waals surface area contributed by atoms with E-state index in [4.69, 9.17) is 5.11 Å². The molecule has 4 nitrogen and oxygen atoms in total. The lowest BCUT2D eigenvalue weighted by Crippen LogP contribution is -2.43. The SMILES string of the molecule is CCCCN(CC(O)CO)N(C)C. The summed E-state index contributed by atoms with van der Waals surface area (Å²) in [5, 5.41) is 21.9. The molecule has 0 spiro atoms. The third-order valence-electron chi connectivity index (χ3n) is 1.97. The summed E-state index contributed by atoms with van der Waals surface area (Å²) in [6.45, 7) is 3.40. The van der Waals surface area contributed by atoms with Gasteiger partial charge in [0.25, 0.3) is 0 Å². The quantitative estimate of drug-likeness (QED) is 0.551. The number of aliphatic hydroxyl groups excluding tert-OH is 2. The normalized spacial score (nSPS) is 14.1. The first-order valence-corrected chi connectivity index (χ1v) is 4.82. The molecule has 13 heavy (non-hydrogen) atoms. The first kappa shape index (κ1) is 12.8. The highest BCUT2D eigenvalue weighted by Gasteiger charge is 2.11. The van der Waals surface area contributed by atoms with Crippen molar-refractivity contribution in [1.82, 2.24) is 10.0 Å². The van der Waals surface area contributed by atoms with Crippen LogP contribution < -0.4 is 0 Å². The van der Waals surface area contributed by atoms with Gasteiger partial charge in [0, 0.05) is 27.2 Å². The zero-order chi connectivity index (χ0) is 10.3. The lowest BCUT2D eigenvalue weighted by atomic mass is 10.3. The molecule has 0 amide bonds. The Labute approximate surface area is 80.7 Å². The predicted molar refractivity (Wildman–Crippen MR) is 53.3 cm³/mol. The molecule has 0 aliphatic rings. The fraction of sp³-hybridized carbons (Fsp3) is 1.00. The molecule has 0 heterocycles. The van der Waals surface area contributed by atoms with E-state index in [1.807, 2.05) is 24.1 Å². The summed E-state index contributed by atoms with van der Waals surface area (Å²) in [5.41, 5.74) is 0. The number of hydrogen-bond acceptors (Lipinski definition) is 4. The summed E-state index contributed by atoms with van der Waals surface area (Å²) in [6.07, 6.45) is 1.61. The van der Waals surface area contributed by atoms with E-state index in [0.29, 0.717) is 6.54 Å². The molecule has 0 aromatic heterocycles. The van der Waals surface area contributed by atoms with Gasteiger partial charge in [0.2, 0.25) is 0 Å². The lowest BCUT2D eigenvalue weighted by molar-refractivity contribution is -0.0307.